The van der Waals surface area contributed by atoms with Gasteiger partial charge >= 0.3 is 0 Å². The molecule has 1 saturated carbocycles. The molecule has 1 saturated heterocycles. The first-order valence-electron chi connectivity index (χ1n) is 7.79. The van der Waals surface area contributed by atoms with Crippen LogP contribution in [-0.4, -0.2) is 29.4 Å². The lowest BCUT2D eigenvalue weighted by atomic mass is 9.90. The van der Waals surface area contributed by atoms with Gasteiger partial charge in [-0.25, -0.2) is 0 Å². The molecule has 1 aliphatic carbocycles. The number of aryl methyl sites for hydroxylation is 1. The largest absolute Gasteiger partial charge is 0.341 e. The number of hydrogen-bond acceptors (Lipinski definition) is 2. The fraction of sp³-hybridized carbons (Fsp3) is 0.588. The van der Waals surface area contributed by atoms with Gasteiger partial charge in [0.15, 0.2) is 0 Å². The Morgan fingerprint density at radius 1 is 1.19 bits per heavy atom. The van der Waals surface area contributed by atoms with Crippen LogP contribution in [0.5, 0.6) is 0 Å². The molecule has 1 aromatic carbocycles. The molecule has 0 aromatic heterocycles. The van der Waals surface area contributed by atoms with Crippen molar-refractivity contribution in [3.05, 3.63) is 35.9 Å². The molecule has 0 radical (unpaired) electrons. The maximum absolute atomic E-state index is 12.2. The standard InChI is InChI=1S/C17H24N2O.ClH/c18-17(10-11-17)16(20)19-12-8-15(9-13-19)7-6-14-4-2-1-3-5-14;/h1-5,15H,6-13,18H2;1H. The van der Waals surface area contributed by atoms with Crippen molar-refractivity contribution in [2.45, 2.75) is 44.1 Å². The summed E-state index contributed by atoms with van der Waals surface area (Å²) in [6, 6.07) is 10.7. The second-order valence-corrected chi connectivity index (χ2v) is 6.42. The number of halogens is 1. The third-order valence-corrected chi connectivity index (χ3v) is 4.80. The molecule has 1 aliphatic heterocycles. The topological polar surface area (TPSA) is 46.3 Å². The van der Waals surface area contributed by atoms with Crippen molar-refractivity contribution < 1.29 is 4.79 Å². The maximum Gasteiger partial charge on any atom is 0.242 e. The maximum atomic E-state index is 12.2. The summed E-state index contributed by atoms with van der Waals surface area (Å²) < 4.78 is 0. The zero-order valence-electron chi connectivity index (χ0n) is 12.5. The molecule has 1 aromatic rings. The van der Waals surface area contributed by atoms with Gasteiger partial charge in [-0.05, 0) is 50.0 Å². The van der Waals surface area contributed by atoms with E-state index in [0.717, 1.165) is 51.1 Å². The fourth-order valence-electron chi connectivity index (χ4n) is 3.10. The molecule has 2 aliphatic rings. The van der Waals surface area contributed by atoms with Crippen molar-refractivity contribution in [2.75, 3.05) is 13.1 Å². The normalized spacial score (nSPS) is 20.7. The molecule has 116 valence electrons. The first-order chi connectivity index (χ1) is 9.67. The van der Waals surface area contributed by atoms with Crippen molar-refractivity contribution in [3.8, 4) is 0 Å². The van der Waals surface area contributed by atoms with Crippen LogP contribution in [0.4, 0.5) is 0 Å². The number of rotatable bonds is 4. The highest BCUT2D eigenvalue weighted by molar-refractivity contribution is 5.89. The van der Waals surface area contributed by atoms with Gasteiger partial charge in [0.05, 0.1) is 5.54 Å². The van der Waals surface area contributed by atoms with Gasteiger partial charge in [0.1, 0.15) is 0 Å². The summed E-state index contributed by atoms with van der Waals surface area (Å²) in [6.07, 6.45) is 6.41. The number of nitrogens with zero attached hydrogens (tertiary/aromatic N) is 1. The number of likely N-dealkylation sites (tertiary alicyclic amines) is 1. The lowest BCUT2D eigenvalue weighted by Gasteiger charge is -2.33. The molecule has 0 bridgehead atoms. The molecule has 4 heteroatoms. The smallest absolute Gasteiger partial charge is 0.242 e. The first-order valence-corrected chi connectivity index (χ1v) is 7.79. The van der Waals surface area contributed by atoms with Crippen molar-refractivity contribution >= 4 is 18.3 Å². The average molecular weight is 309 g/mol. The summed E-state index contributed by atoms with van der Waals surface area (Å²) >= 11 is 0. The third-order valence-electron chi connectivity index (χ3n) is 4.80. The Morgan fingerprint density at radius 3 is 2.38 bits per heavy atom. The number of carbonyl (C=O) groups excluding carboxylic acids is 1. The Hall–Kier alpha value is -1.06. The van der Waals surface area contributed by atoms with E-state index >= 15 is 0 Å². The first kappa shape index (κ1) is 16.3. The van der Waals surface area contributed by atoms with Crippen LogP contribution in [0.25, 0.3) is 0 Å². The fourth-order valence-corrected chi connectivity index (χ4v) is 3.10. The molecule has 2 fully saturated rings. The van der Waals surface area contributed by atoms with Crippen molar-refractivity contribution in [3.63, 3.8) is 0 Å². The third kappa shape index (κ3) is 3.98. The number of carbonyl (C=O) groups is 1. The molecule has 1 heterocycles. The summed E-state index contributed by atoms with van der Waals surface area (Å²) in [6.45, 7) is 1.80. The van der Waals surface area contributed by atoms with Crippen LogP contribution in [0.15, 0.2) is 30.3 Å². The van der Waals surface area contributed by atoms with Gasteiger partial charge in [-0.1, -0.05) is 30.3 Å². The van der Waals surface area contributed by atoms with E-state index in [4.69, 9.17) is 5.73 Å². The van der Waals surface area contributed by atoms with Gasteiger partial charge in [-0.2, -0.15) is 0 Å². The highest BCUT2D eigenvalue weighted by Gasteiger charge is 2.48. The average Bonchev–Trinajstić information content (AvgIpc) is 3.25. The van der Waals surface area contributed by atoms with E-state index in [-0.39, 0.29) is 18.3 Å². The van der Waals surface area contributed by atoms with E-state index in [2.05, 4.69) is 30.3 Å². The van der Waals surface area contributed by atoms with E-state index in [1.54, 1.807) is 0 Å². The van der Waals surface area contributed by atoms with Gasteiger partial charge in [0.25, 0.3) is 0 Å². The Kier molecular flexibility index (Phi) is 5.28. The summed E-state index contributed by atoms with van der Waals surface area (Å²) in [4.78, 5) is 14.2. The number of benzene rings is 1. The number of piperidine rings is 1. The van der Waals surface area contributed by atoms with E-state index in [1.165, 1.54) is 12.0 Å². The summed E-state index contributed by atoms with van der Waals surface area (Å²) in [5, 5.41) is 0. The van der Waals surface area contributed by atoms with Crippen LogP contribution < -0.4 is 5.73 Å². The molecule has 3 rings (SSSR count). The molecule has 3 nitrogen and oxygen atoms in total. The Morgan fingerprint density at radius 2 is 1.81 bits per heavy atom. The van der Waals surface area contributed by atoms with Crippen LogP contribution in [0.3, 0.4) is 0 Å². The Balaban J connectivity index is 0.00000161. The van der Waals surface area contributed by atoms with Gasteiger partial charge in [0, 0.05) is 13.1 Å². The lowest BCUT2D eigenvalue weighted by molar-refractivity contribution is -0.135. The molecule has 0 unspecified atom stereocenters. The zero-order chi connectivity index (χ0) is 14.0. The minimum atomic E-state index is -0.489. The van der Waals surface area contributed by atoms with Gasteiger partial charge in [0.2, 0.25) is 5.91 Å². The summed E-state index contributed by atoms with van der Waals surface area (Å²) in [5.74, 6) is 0.950. The minimum absolute atomic E-state index is 0. The lowest BCUT2D eigenvalue weighted by Crippen LogP contribution is -2.48. The van der Waals surface area contributed by atoms with Crippen LogP contribution in [-0.2, 0) is 11.2 Å². The number of amides is 1. The molecular formula is C17H25ClN2O. The van der Waals surface area contributed by atoms with Gasteiger partial charge in [-0.15, -0.1) is 12.4 Å². The van der Waals surface area contributed by atoms with Crippen molar-refractivity contribution in [1.82, 2.24) is 4.90 Å². The predicted molar refractivity (Wildman–Crippen MR) is 87.5 cm³/mol. The Labute approximate surface area is 133 Å². The van der Waals surface area contributed by atoms with E-state index in [1.807, 2.05) is 4.90 Å². The summed E-state index contributed by atoms with van der Waals surface area (Å²) in [7, 11) is 0. The van der Waals surface area contributed by atoms with Gasteiger partial charge < -0.3 is 10.6 Å². The van der Waals surface area contributed by atoms with Crippen LogP contribution in [0, 0.1) is 5.92 Å². The SMILES string of the molecule is Cl.NC1(C(=O)N2CCC(CCc3ccccc3)CC2)CC1. The molecule has 0 spiro atoms. The molecule has 2 N–H and O–H groups in total. The van der Waals surface area contributed by atoms with Crippen molar-refractivity contribution in [1.29, 1.82) is 0 Å². The quantitative estimate of drug-likeness (QED) is 0.929. The van der Waals surface area contributed by atoms with E-state index in [0.29, 0.717) is 0 Å². The molecule has 0 atom stereocenters. The van der Waals surface area contributed by atoms with Crippen molar-refractivity contribution in [2.24, 2.45) is 11.7 Å². The predicted octanol–water partition coefficient (Wildman–Crippen LogP) is 2.77. The second-order valence-electron chi connectivity index (χ2n) is 6.42. The number of hydrogen-bond donors (Lipinski definition) is 1. The van der Waals surface area contributed by atoms with Crippen LogP contribution in [0.2, 0.25) is 0 Å². The second kappa shape index (κ2) is 6.80. The number of nitrogens with two attached hydrogens (primary N) is 1. The molecule has 1 amide bonds. The monoisotopic (exact) mass is 308 g/mol. The summed E-state index contributed by atoms with van der Waals surface area (Å²) in [5.41, 5.74) is 6.93. The Bertz CT molecular complexity index is 465. The molecule has 21 heavy (non-hydrogen) atoms. The minimum Gasteiger partial charge on any atom is -0.341 e. The van der Waals surface area contributed by atoms with Crippen LogP contribution >= 0.6 is 12.4 Å². The van der Waals surface area contributed by atoms with E-state index < -0.39 is 5.54 Å². The zero-order valence-corrected chi connectivity index (χ0v) is 13.3. The van der Waals surface area contributed by atoms with Crippen LogP contribution in [0.1, 0.15) is 37.7 Å². The highest BCUT2D eigenvalue weighted by Crippen LogP contribution is 2.35. The van der Waals surface area contributed by atoms with Gasteiger partial charge in [-0.3, -0.25) is 4.79 Å². The molecular weight excluding hydrogens is 284 g/mol. The highest BCUT2D eigenvalue weighted by atomic mass is 35.5. The van der Waals surface area contributed by atoms with E-state index in [9.17, 15) is 4.79 Å².